The van der Waals surface area contributed by atoms with Crippen LogP contribution in [-0.4, -0.2) is 31.0 Å². The number of halogens is 1. The number of aromatic amines is 2. The summed E-state index contributed by atoms with van der Waals surface area (Å²) >= 11 is 6.23. The maximum Gasteiger partial charge on any atom is 0.335 e. The van der Waals surface area contributed by atoms with E-state index in [-0.39, 0.29) is 5.56 Å². The van der Waals surface area contributed by atoms with Crippen LogP contribution in [0.3, 0.4) is 0 Å². The van der Waals surface area contributed by atoms with E-state index in [0.717, 1.165) is 27.9 Å². The zero-order chi connectivity index (χ0) is 20.7. The smallest absolute Gasteiger partial charge is 0.335 e. The summed E-state index contributed by atoms with van der Waals surface area (Å²) in [6.07, 6.45) is 3.55. The van der Waals surface area contributed by atoms with Crippen molar-refractivity contribution >= 4 is 28.6 Å². The lowest BCUT2D eigenvalue weighted by Crippen LogP contribution is -1.97. The number of imidazole rings is 1. The minimum absolute atomic E-state index is 0.106. The number of hydrogen-bond donors (Lipinski definition) is 3. The third-order valence-corrected chi connectivity index (χ3v) is 5.12. The maximum absolute atomic E-state index is 11.6. The summed E-state index contributed by atoms with van der Waals surface area (Å²) in [4.78, 5) is 27.3. The van der Waals surface area contributed by atoms with Gasteiger partial charge in [0.05, 0.1) is 17.0 Å². The SMILES string of the molecule is O=C(O)c1cc(Cl)cc(-c2nc(-c3ccccc3)[nH]c2-c2ccnc3[nH]ccc23)c1. The first kappa shape index (κ1) is 18.1. The number of aromatic carboxylic acids is 1. The highest BCUT2D eigenvalue weighted by atomic mass is 35.5. The van der Waals surface area contributed by atoms with Gasteiger partial charge in [-0.3, -0.25) is 0 Å². The van der Waals surface area contributed by atoms with Gasteiger partial charge in [0.15, 0.2) is 0 Å². The number of nitrogens with one attached hydrogen (secondary N) is 2. The Morgan fingerprint density at radius 1 is 1.00 bits per heavy atom. The molecule has 7 heteroatoms. The molecule has 0 spiro atoms. The Labute approximate surface area is 176 Å². The van der Waals surface area contributed by atoms with Crippen molar-refractivity contribution < 1.29 is 9.90 Å². The molecule has 3 aromatic heterocycles. The van der Waals surface area contributed by atoms with E-state index < -0.39 is 5.97 Å². The van der Waals surface area contributed by atoms with Crippen LogP contribution in [0, 0.1) is 0 Å². The first-order valence-corrected chi connectivity index (χ1v) is 9.60. The topological polar surface area (TPSA) is 94.7 Å². The van der Waals surface area contributed by atoms with Crippen LogP contribution < -0.4 is 0 Å². The minimum atomic E-state index is -1.05. The summed E-state index contributed by atoms with van der Waals surface area (Å²) in [5.41, 5.74) is 4.69. The highest BCUT2D eigenvalue weighted by Gasteiger charge is 2.19. The summed E-state index contributed by atoms with van der Waals surface area (Å²) < 4.78 is 0. The molecule has 5 aromatic rings. The van der Waals surface area contributed by atoms with Gasteiger partial charge in [0.2, 0.25) is 0 Å². The van der Waals surface area contributed by atoms with Crippen LogP contribution in [0.2, 0.25) is 5.02 Å². The summed E-state index contributed by atoms with van der Waals surface area (Å²) in [7, 11) is 0. The number of fused-ring (bicyclic) bond motifs is 1. The summed E-state index contributed by atoms with van der Waals surface area (Å²) in [6.45, 7) is 0. The van der Waals surface area contributed by atoms with Crippen LogP contribution in [-0.2, 0) is 0 Å². The van der Waals surface area contributed by atoms with Crippen LogP contribution in [0.1, 0.15) is 10.4 Å². The van der Waals surface area contributed by atoms with E-state index in [1.165, 1.54) is 6.07 Å². The highest BCUT2D eigenvalue weighted by molar-refractivity contribution is 6.31. The van der Waals surface area contributed by atoms with Crippen molar-refractivity contribution in [3.63, 3.8) is 0 Å². The second kappa shape index (κ2) is 7.17. The van der Waals surface area contributed by atoms with E-state index in [4.69, 9.17) is 16.6 Å². The molecule has 0 unspecified atom stereocenters. The van der Waals surface area contributed by atoms with Gasteiger partial charge in [-0.05, 0) is 30.3 Å². The lowest BCUT2D eigenvalue weighted by molar-refractivity contribution is 0.0697. The second-order valence-corrected chi connectivity index (χ2v) is 7.24. The van der Waals surface area contributed by atoms with E-state index in [0.29, 0.717) is 22.1 Å². The largest absolute Gasteiger partial charge is 0.478 e. The number of carboxylic acid groups (broad SMARTS) is 1. The molecule has 0 aliphatic heterocycles. The Hall–Kier alpha value is -3.90. The number of carboxylic acids is 1. The Balaban J connectivity index is 1.79. The molecule has 6 nitrogen and oxygen atoms in total. The average molecular weight is 415 g/mol. The van der Waals surface area contributed by atoms with E-state index in [9.17, 15) is 9.90 Å². The van der Waals surface area contributed by atoms with Gasteiger partial charge < -0.3 is 15.1 Å². The van der Waals surface area contributed by atoms with Crippen LogP contribution in [0.15, 0.2) is 73.1 Å². The lowest BCUT2D eigenvalue weighted by Gasteiger charge is -2.06. The van der Waals surface area contributed by atoms with Crippen molar-refractivity contribution in [1.82, 2.24) is 19.9 Å². The molecule has 5 rings (SSSR count). The standard InChI is InChI=1S/C23H15ClN4O2/c24-16-11-14(10-15(12-16)23(29)30)19-20(17-6-8-25-22-18(17)7-9-26-22)28-21(27-19)13-4-2-1-3-5-13/h1-12H,(H,25,26)(H,27,28)(H,29,30). The number of aromatic nitrogens is 4. The number of rotatable bonds is 4. The third-order valence-electron chi connectivity index (χ3n) is 4.90. The molecule has 146 valence electrons. The van der Waals surface area contributed by atoms with Gasteiger partial charge in [-0.1, -0.05) is 41.9 Å². The zero-order valence-electron chi connectivity index (χ0n) is 15.6. The van der Waals surface area contributed by atoms with Crippen molar-refractivity contribution in [3.8, 4) is 33.9 Å². The van der Waals surface area contributed by atoms with Gasteiger partial charge in [0.1, 0.15) is 11.5 Å². The minimum Gasteiger partial charge on any atom is -0.478 e. The zero-order valence-corrected chi connectivity index (χ0v) is 16.3. The molecular formula is C23H15ClN4O2. The first-order chi connectivity index (χ1) is 14.6. The number of nitrogens with zero attached hydrogens (tertiary/aromatic N) is 2. The fraction of sp³-hybridized carbons (Fsp3) is 0. The number of hydrogen-bond acceptors (Lipinski definition) is 3. The molecule has 0 fully saturated rings. The molecule has 0 amide bonds. The van der Waals surface area contributed by atoms with E-state index in [2.05, 4.69) is 15.0 Å². The van der Waals surface area contributed by atoms with Gasteiger partial charge in [0.25, 0.3) is 0 Å². The highest BCUT2D eigenvalue weighted by Crippen LogP contribution is 2.37. The van der Waals surface area contributed by atoms with Crippen LogP contribution in [0.25, 0.3) is 44.9 Å². The number of H-pyrrole nitrogens is 2. The van der Waals surface area contributed by atoms with Gasteiger partial charge in [-0.25, -0.2) is 14.8 Å². The van der Waals surface area contributed by atoms with E-state index >= 15 is 0 Å². The quantitative estimate of drug-likeness (QED) is 0.354. The Kier molecular flexibility index (Phi) is 4.34. The molecule has 0 saturated carbocycles. The first-order valence-electron chi connectivity index (χ1n) is 9.22. The second-order valence-electron chi connectivity index (χ2n) is 6.81. The summed E-state index contributed by atoms with van der Waals surface area (Å²) in [5.74, 6) is -0.367. The Morgan fingerprint density at radius 3 is 2.63 bits per heavy atom. The molecule has 0 atom stereocenters. The lowest BCUT2D eigenvalue weighted by atomic mass is 10.0. The van der Waals surface area contributed by atoms with Gasteiger partial charge >= 0.3 is 5.97 Å². The fourth-order valence-electron chi connectivity index (χ4n) is 3.54. The molecule has 2 aromatic carbocycles. The molecule has 0 saturated heterocycles. The van der Waals surface area contributed by atoms with E-state index in [1.807, 2.05) is 48.7 Å². The van der Waals surface area contributed by atoms with Crippen molar-refractivity contribution in [3.05, 3.63) is 83.6 Å². The average Bonchev–Trinajstić information content (AvgIpc) is 3.41. The molecule has 0 bridgehead atoms. The predicted molar refractivity (Wildman–Crippen MR) is 117 cm³/mol. The van der Waals surface area contributed by atoms with Crippen molar-refractivity contribution in [1.29, 1.82) is 0 Å². The molecular weight excluding hydrogens is 400 g/mol. The van der Waals surface area contributed by atoms with Gasteiger partial charge in [-0.2, -0.15) is 0 Å². The number of benzene rings is 2. The van der Waals surface area contributed by atoms with E-state index in [1.54, 1.807) is 18.3 Å². The molecule has 3 heterocycles. The van der Waals surface area contributed by atoms with Crippen molar-refractivity contribution in [2.24, 2.45) is 0 Å². The monoisotopic (exact) mass is 414 g/mol. The molecule has 30 heavy (non-hydrogen) atoms. The van der Waals surface area contributed by atoms with Crippen LogP contribution >= 0.6 is 11.6 Å². The van der Waals surface area contributed by atoms with Crippen molar-refractivity contribution in [2.45, 2.75) is 0 Å². The van der Waals surface area contributed by atoms with Crippen LogP contribution in [0.4, 0.5) is 0 Å². The Bertz CT molecular complexity index is 1390. The summed E-state index contributed by atoms with van der Waals surface area (Å²) in [6, 6.07) is 18.3. The Morgan fingerprint density at radius 2 is 1.83 bits per heavy atom. The van der Waals surface area contributed by atoms with Crippen LogP contribution in [0.5, 0.6) is 0 Å². The third kappa shape index (κ3) is 3.13. The number of carbonyl (C=O) groups is 1. The fourth-order valence-corrected chi connectivity index (χ4v) is 3.77. The predicted octanol–water partition coefficient (Wildman–Crippen LogP) is 5.64. The normalized spacial score (nSPS) is 11.1. The maximum atomic E-state index is 11.6. The molecule has 0 radical (unpaired) electrons. The molecule has 3 N–H and O–H groups in total. The van der Waals surface area contributed by atoms with Gasteiger partial charge in [0, 0.05) is 39.5 Å². The molecule has 0 aliphatic rings. The van der Waals surface area contributed by atoms with Gasteiger partial charge in [-0.15, -0.1) is 0 Å². The molecule has 0 aliphatic carbocycles. The number of pyridine rings is 1. The van der Waals surface area contributed by atoms with Crippen molar-refractivity contribution in [2.75, 3.05) is 0 Å². The summed E-state index contributed by atoms with van der Waals surface area (Å²) in [5, 5.41) is 10.7.